The summed E-state index contributed by atoms with van der Waals surface area (Å²) < 4.78 is 6.00. The molecule has 2 N–H and O–H groups in total. The number of hydrogen-bond acceptors (Lipinski definition) is 6. The number of furan rings is 1. The second-order valence-electron chi connectivity index (χ2n) is 7.92. The maximum atomic E-state index is 13.0. The lowest BCUT2D eigenvalue weighted by molar-refractivity contribution is -0.134. The van der Waals surface area contributed by atoms with E-state index in [1.165, 1.54) is 12.8 Å². The van der Waals surface area contributed by atoms with Gasteiger partial charge in [0.15, 0.2) is 5.76 Å². The van der Waals surface area contributed by atoms with Crippen molar-refractivity contribution in [2.24, 2.45) is 0 Å². The molecule has 1 saturated heterocycles. The fourth-order valence-electron chi connectivity index (χ4n) is 3.64. The molecule has 0 amide bonds. The number of carboxylic acid groups (broad SMARTS) is 2. The van der Waals surface area contributed by atoms with Crippen molar-refractivity contribution >= 4 is 40.5 Å². The molecule has 2 heterocycles. The Morgan fingerprint density at radius 2 is 1.56 bits per heavy atom. The fourth-order valence-corrected chi connectivity index (χ4v) is 4.87. The third-order valence-corrected chi connectivity index (χ3v) is 6.84. The van der Waals surface area contributed by atoms with Crippen LogP contribution >= 0.6 is 11.8 Å². The topological polar surface area (TPSA) is 108 Å². The van der Waals surface area contributed by atoms with Crippen LogP contribution in [-0.2, 0) is 15.3 Å². The summed E-state index contributed by atoms with van der Waals surface area (Å²) in [6, 6.07) is 17.4. The van der Waals surface area contributed by atoms with Crippen LogP contribution in [0.1, 0.15) is 34.5 Å². The Bertz CT molecular complexity index is 1150. The minimum atomic E-state index is -1.26. The van der Waals surface area contributed by atoms with Gasteiger partial charge in [-0.25, -0.2) is 9.59 Å². The van der Waals surface area contributed by atoms with E-state index in [-0.39, 0.29) is 5.78 Å². The smallest absolute Gasteiger partial charge is 0.328 e. The van der Waals surface area contributed by atoms with E-state index in [2.05, 4.69) is 18.0 Å². The van der Waals surface area contributed by atoms with Gasteiger partial charge in [0, 0.05) is 39.7 Å². The van der Waals surface area contributed by atoms with E-state index in [4.69, 9.17) is 14.6 Å². The molecule has 0 bridgehead atoms. The number of carboxylic acids is 2. The van der Waals surface area contributed by atoms with Crippen molar-refractivity contribution < 1.29 is 29.0 Å². The van der Waals surface area contributed by atoms with E-state index >= 15 is 0 Å². The van der Waals surface area contributed by atoms with Crippen LogP contribution in [0.5, 0.6) is 0 Å². The first kappa shape index (κ1) is 25.3. The average Bonchev–Trinajstić information content (AvgIpc) is 3.21. The number of para-hydroxylation sites is 1. The maximum Gasteiger partial charge on any atom is 0.328 e. The number of hydrogen-bond donors (Lipinski definition) is 2. The zero-order chi connectivity index (χ0) is 24.5. The highest BCUT2D eigenvalue weighted by Crippen LogP contribution is 2.34. The molecule has 2 aromatic carbocycles. The van der Waals surface area contributed by atoms with Crippen molar-refractivity contribution in [1.29, 1.82) is 0 Å². The molecule has 0 radical (unpaired) electrons. The Morgan fingerprint density at radius 3 is 2.18 bits per heavy atom. The minimum absolute atomic E-state index is 0.0271. The Hall–Kier alpha value is -3.36. The molecule has 3 aromatic rings. The third-order valence-electron chi connectivity index (χ3n) is 5.44. The number of fused-ring (bicyclic) bond motifs is 1. The summed E-state index contributed by atoms with van der Waals surface area (Å²) in [4.78, 5) is 34.5. The SMILES string of the molecule is CN1CCC(SCc2c(C(=O)c3ccccc3)oc3ccccc23)CC1.O=C(O)/C=C\C(=O)O. The van der Waals surface area contributed by atoms with Gasteiger partial charge in [-0.05, 0) is 39.0 Å². The Balaban J connectivity index is 0.000000350. The van der Waals surface area contributed by atoms with E-state index in [0.29, 0.717) is 28.7 Å². The molecule has 0 spiro atoms. The molecule has 0 saturated carbocycles. The van der Waals surface area contributed by atoms with Crippen LogP contribution < -0.4 is 0 Å². The summed E-state index contributed by atoms with van der Waals surface area (Å²) in [5.74, 6) is -1.22. The average molecular weight is 482 g/mol. The van der Waals surface area contributed by atoms with E-state index in [9.17, 15) is 14.4 Å². The van der Waals surface area contributed by atoms with E-state index in [0.717, 1.165) is 35.4 Å². The molecule has 0 aliphatic carbocycles. The lowest BCUT2D eigenvalue weighted by Gasteiger charge is -2.28. The largest absolute Gasteiger partial charge is 0.478 e. The Labute approximate surface area is 202 Å². The molecule has 7 nitrogen and oxygen atoms in total. The van der Waals surface area contributed by atoms with Crippen molar-refractivity contribution in [1.82, 2.24) is 4.90 Å². The van der Waals surface area contributed by atoms with Crippen molar-refractivity contribution in [3.8, 4) is 0 Å². The number of carbonyl (C=O) groups excluding carboxylic acids is 1. The van der Waals surface area contributed by atoms with Gasteiger partial charge in [-0.1, -0.05) is 48.5 Å². The van der Waals surface area contributed by atoms with Crippen LogP contribution in [0.2, 0.25) is 0 Å². The number of thioether (sulfide) groups is 1. The molecule has 4 rings (SSSR count). The zero-order valence-corrected chi connectivity index (χ0v) is 19.7. The molecule has 8 heteroatoms. The number of rotatable bonds is 7. The van der Waals surface area contributed by atoms with Gasteiger partial charge in [0.05, 0.1) is 0 Å². The number of piperidine rings is 1. The first-order chi connectivity index (χ1) is 16.3. The van der Waals surface area contributed by atoms with Crippen LogP contribution in [0.15, 0.2) is 71.2 Å². The maximum absolute atomic E-state index is 13.0. The van der Waals surface area contributed by atoms with Crippen molar-refractivity contribution in [2.45, 2.75) is 23.8 Å². The summed E-state index contributed by atoms with van der Waals surface area (Å²) >= 11 is 1.96. The molecule has 178 valence electrons. The standard InChI is InChI=1S/C22H23NO2S.C4H4O4/c1-23-13-11-17(12-14-23)26-15-19-18-9-5-6-10-20(18)25-22(19)21(24)16-7-3-2-4-8-16;5-3(6)1-2-4(7)8/h2-10,17H,11-15H2,1H3;1-2H,(H,5,6)(H,7,8)/b;2-1-. The number of likely N-dealkylation sites (tertiary alicyclic amines) is 1. The first-order valence-electron chi connectivity index (χ1n) is 10.9. The van der Waals surface area contributed by atoms with E-state index in [1.54, 1.807) is 0 Å². The van der Waals surface area contributed by atoms with Gasteiger partial charge < -0.3 is 19.5 Å². The van der Waals surface area contributed by atoms with Crippen LogP contribution in [-0.4, -0.2) is 58.2 Å². The van der Waals surface area contributed by atoms with Gasteiger partial charge in [-0.2, -0.15) is 11.8 Å². The number of benzene rings is 2. The second-order valence-corrected chi connectivity index (χ2v) is 9.21. The van der Waals surface area contributed by atoms with E-state index in [1.807, 2.05) is 60.3 Å². The lowest BCUT2D eigenvalue weighted by atomic mass is 10.0. The number of ketones is 1. The van der Waals surface area contributed by atoms with Crippen LogP contribution in [0, 0.1) is 0 Å². The number of nitrogens with zero attached hydrogens (tertiary/aromatic N) is 1. The minimum Gasteiger partial charge on any atom is -0.478 e. The molecule has 1 fully saturated rings. The van der Waals surface area contributed by atoms with Gasteiger partial charge >= 0.3 is 11.9 Å². The molecular formula is C26H27NO6S. The Morgan fingerprint density at radius 1 is 0.971 bits per heavy atom. The summed E-state index contributed by atoms with van der Waals surface area (Å²) in [5, 5.41) is 17.3. The zero-order valence-electron chi connectivity index (χ0n) is 18.8. The fraction of sp³-hybridized carbons (Fsp3) is 0.269. The van der Waals surface area contributed by atoms with Gasteiger partial charge in [0.2, 0.25) is 5.78 Å². The summed E-state index contributed by atoms with van der Waals surface area (Å²) in [5.41, 5.74) is 2.52. The van der Waals surface area contributed by atoms with Crippen molar-refractivity contribution in [3.05, 3.63) is 83.6 Å². The van der Waals surface area contributed by atoms with Crippen molar-refractivity contribution in [2.75, 3.05) is 20.1 Å². The molecule has 1 aromatic heterocycles. The Kier molecular flexibility index (Phi) is 9.07. The summed E-state index contributed by atoms with van der Waals surface area (Å²) in [7, 11) is 2.18. The third kappa shape index (κ3) is 7.07. The monoisotopic (exact) mass is 481 g/mol. The molecule has 34 heavy (non-hydrogen) atoms. The molecule has 1 aliphatic rings. The van der Waals surface area contributed by atoms with Crippen LogP contribution in [0.4, 0.5) is 0 Å². The van der Waals surface area contributed by atoms with Gasteiger partial charge in [-0.15, -0.1) is 0 Å². The molecular weight excluding hydrogens is 454 g/mol. The summed E-state index contributed by atoms with van der Waals surface area (Å²) in [6.07, 6.45) is 3.53. The predicted octanol–water partition coefficient (Wildman–Crippen LogP) is 4.70. The first-order valence-corrected chi connectivity index (χ1v) is 11.9. The van der Waals surface area contributed by atoms with Gasteiger partial charge in [-0.3, -0.25) is 4.79 Å². The molecule has 0 atom stereocenters. The number of carbonyl (C=O) groups is 3. The number of aliphatic carboxylic acids is 2. The van der Waals surface area contributed by atoms with E-state index < -0.39 is 11.9 Å². The highest BCUT2D eigenvalue weighted by molar-refractivity contribution is 7.99. The highest BCUT2D eigenvalue weighted by atomic mass is 32.2. The second kappa shape index (κ2) is 12.2. The molecule has 1 aliphatic heterocycles. The lowest BCUT2D eigenvalue weighted by Crippen LogP contribution is -2.31. The predicted molar refractivity (Wildman–Crippen MR) is 132 cm³/mol. The van der Waals surface area contributed by atoms with Crippen molar-refractivity contribution in [3.63, 3.8) is 0 Å². The quantitative estimate of drug-likeness (QED) is 0.369. The van der Waals surface area contributed by atoms with Crippen LogP contribution in [0.25, 0.3) is 11.0 Å². The van der Waals surface area contributed by atoms with Crippen LogP contribution in [0.3, 0.4) is 0 Å². The summed E-state index contributed by atoms with van der Waals surface area (Å²) in [6.45, 7) is 2.30. The highest BCUT2D eigenvalue weighted by Gasteiger charge is 2.24. The van der Waals surface area contributed by atoms with Gasteiger partial charge in [0.25, 0.3) is 0 Å². The molecule has 0 unspecified atom stereocenters. The normalized spacial score (nSPS) is 14.6. The van der Waals surface area contributed by atoms with Gasteiger partial charge in [0.1, 0.15) is 5.58 Å².